The van der Waals surface area contributed by atoms with Crippen LogP contribution >= 0.6 is 0 Å². The summed E-state index contributed by atoms with van der Waals surface area (Å²) in [5.41, 5.74) is 1.47. The molecule has 0 unspecified atom stereocenters. The first-order chi connectivity index (χ1) is 16.6. The Morgan fingerprint density at radius 1 is 0.853 bits per heavy atom. The predicted octanol–water partition coefficient (Wildman–Crippen LogP) is 4.09. The maximum Gasteiger partial charge on any atom is 0.407 e. The monoisotopic (exact) mass is 458 g/mol. The van der Waals surface area contributed by atoms with Crippen molar-refractivity contribution in [2.24, 2.45) is 5.92 Å². The lowest BCUT2D eigenvalue weighted by Gasteiger charge is -2.42. The van der Waals surface area contributed by atoms with Crippen molar-refractivity contribution in [2.75, 3.05) is 19.6 Å². The number of likely N-dealkylation sites (tertiary alicyclic amines) is 1. The third-order valence-corrected chi connectivity index (χ3v) is 6.46. The van der Waals surface area contributed by atoms with Gasteiger partial charge in [0.2, 0.25) is 5.91 Å². The number of rotatable bonds is 7. The second kappa shape index (κ2) is 11.0. The number of alkyl carbamates (subject to hydrolysis) is 1. The zero-order valence-electron chi connectivity index (χ0n) is 19.1. The second-order valence-electron chi connectivity index (χ2n) is 8.57. The highest BCUT2D eigenvalue weighted by Crippen LogP contribution is 2.41. The van der Waals surface area contributed by atoms with Crippen LogP contribution in [0.25, 0.3) is 0 Å². The first-order valence-corrected chi connectivity index (χ1v) is 11.6. The van der Waals surface area contributed by atoms with E-state index in [4.69, 9.17) is 4.74 Å². The third-order valence-electron chi connectivity index (χ3n) is 6.46. The quantitative estimate of drug-likeness (QED) is 0.559. The molecule has 2 N–H and O–H groups in total. The van der Waals surface area contributed by atoms with Crippen LogP contribution in [0.2, 0.25) is 0 Å². The Bertz CT molecular complexity index is 1030. The highest BCUT2D eigenvalue weighted by atomic mass is 16.5. The number of aliphatic hydroxyl groups is 1. The molecule has 34 heavy (non-hydrogen) atoms. The Kier molecular flexibility index (Phi) is 7.60. The van der Waals surface area contributed by atoms with Crippen molar-refractivity contribution in [2.45, 2.75) is 25.0 Å². The summed E-state index contributed by atoms with van der Waals surface area (Å²) in [7, 11) is 0. The van der Waals surface area contributed by atoms with Crippen molar-refractivity contribution in [1.82, 2.24) is 10.2 Å². The van der Waals surface area contributed by atoms with Gasteiger partial charge in [-0.15, -0.1) is 0 Å². The zero-order valence-corrected chi connectivity index (χ0v) is 19.1. The van der Waals surface area contributed by atoms with E-state index in [1.165, 1.54) is 0 Å². The maximum absolute atomic E-state index is 12.7. The number of carbonyl (C=O) groups excluding carboxylic acids is 2. The van der Waals surface area contributed by atoms with Gasteiger partial charge in [-0.3, -0.25) is 4.79 Å². The summed E-state index contributed by atoms with van der Waals surface area (Å²) in [6, 6.07) is 28.8. The number of ether oxygens (including phenoxy) is 1. The molecule has 1 heterocycles. The van der Waals surface area contributed by atoms with E-state index in [0.717, 1.165) is 16.7 Å². The minimum absolute atomic E-state index is 0.0369. The summed E-state index contributed by atoms with van der Waals surface area (Å²) in [6.45, 7) is 1.09. The smallest absolute Gasteiger partial charge is 0.407 e. The van der Waals surface area contributed by atoms with Gasteiger partial charge >= 0.3 is 6.09 Å². The fourth-order valence-electron chi connectivity index (χ4n) is 4.60. The summed E-state index contributed by atoms with van der Waals surface area (Å²) >= 11 is 0. The average molecular weight is 459 g/mol. The average Bonchev–Trinajstić information content (AvgIpc) is 2.91. The molecule has 0 atom stereocenters. The first-order valence-electron chi connectivity index (χ1n) is 11.6. The molecule has 3 aromatic rings. The van der Waals surface area contributed by atoms with E-state index in [2.05, 4.69) is 5.32 Å². The van der Waals surface area contributed by atoms with Gasteiger partial charge in [-0.25, -0.2) is 4.79 Å². The van der Waals surface area contributed by atoms with Crippen LogP contribution in [0.5, 0.6) is 0 Å². The van der Waals surface area contributed by atoms with Gasteiger partial charge in [0.25, 0.3) is 0 Å². The number of carbonyl (C=O) groups is 2. The largest absolute Gasteiger partial charge is 0.445 e. The minimum Gasteiger partial charge on any atom is -0.445 e. The van der Waals surface area contributed by atoms with Gasteiger partial charge in [-0.1, -0.05) is 91.0 Å². The Hall–Kier alpha value is -3.64. The van der Waals surface area contributed by atoms with Crippen molar-refractivity contribution < 1.29 is 19.4 Å². The van der Waals surface area contributed by atoms with Crippen LogP contribution in [-0.2, 0) is 21.7 Å². The molecule has 3 aromatic carbocycles. The number of amides is 2. The number of hydrogen-bond donors (Lipinski definition) is 2. The SMILES string of the molecule is O=C(NCC(=O)N1CCC(C(O)(c2ccccc2)c2ccccc2)CC1)OCc1ccccc1. The van der Waals surface area contributed by atoms with Gasteiger partial charge in [-0.05, 0) is 35.4 Å². The van der Waals surface area contributed by atoms with Crippen LogP contribution in [0.1, 0.15) is 29.5 Å². The fraction of sp³-hybridized carbons (Fsp3) is 0.286. The van der Waals surface area contributed by atoms with Crippen LogP contribution in [0.3, 0.4) is 0 Å². The summed E-state index contributed by atoms with van der Waals surface area (Å²) in [6.07, 6.45) is 0.698. The fourth-order valence-corrected chi connectivity index (χ4v) is 4.60. The van der Waals surface area contributed by atoms with E-state index in [9.17, 15) is 14.7 Å². The summed E-state index contributed by atoms with van der Waals surface area (Å²) in [4.78, 5) is 26.4. The van der Waals surface area contributed by atoms with Gasteiger partial charge in [0.05, 0.1) is 0 Å². The van der Waals surface area contributed by atoms with Crippen molar-refractivity contribution in [3.63, 3.8) is 0 Å². The highest BCUT2D eigenvalue weighted by Gasteiger charge is 2.42. The molecule has 1 aliphatic rings. The molecule has 0 spiro atoms. The van der Waals surface area contributed by atoms with Crippen LogP contribution in [0.4, 0.5) is 4.79 Å². The summed E-state index contributed by atoms with van der Waals surface area (Å²) in [5, 5.41) is 14.5. The Labute approximate surface area is 200 Å². The van der Waals surface area contributed by atoms with E-state index in [1.807, 2.05) is 91.0 Å². The zero-order chi connectivity index (χ0) is 23.8. The molecule has 0 aliphatic carbocycles. The molecule has 1 saturated heterocycles. The number of nitrogens with one attached hydrogen (secondary N) is 1. The normalized spacial score (nSPS) is 14.4. The van der Waals surface area contributed by atoms with Gasteiger partial charge in [0, 0.05) is 13.1 Å². The van der Waals surface area contributed by atoms with Crippen molar-refractivity contribution in [3.05, 3.63) is 108 Å². The highest BCUT2D eigenvalue weighted by molar-refractivity contribution is 5.82. The van der Waals surface area contributed by atoms with E-state index < -0.39 is 11.7 Å². The Morgan fingerprint density at radius 2 is 1.35 bits per heavy atom. The van der Waals surface area contributed by atoms with Gasteiger partial charge in [0.1, 0.15) is 18.8 Å². The molecule has 0 bridgehead atoms. The molecule has 6 heteroatoms. The van der Waals surface area contributed by atoms with Gasteiger partial charge in [-0.2, -0.15) is 0 Å². The second-order valence-corrected chi connectivity index (χ2v) is 8.57. The van der Waals surface area contributed by atoms with Crippen molar-refractivity contribution in [1.29, 1.82) is 0 Å². The topological polar surface area (TPSA) is 78.9 Å². The molecule has 0 radical (unpaired) electrons. The standard InChI is InChI=1S/C28H30N2O4/c31-26(20-29-27(32)34-21-22-10-4-1-5-11-22)30-18-16-25(17-19-30)28(33,23-12-6-2-7-13-23)24-14-8-3-9-15-24/h1-15,25,33H,16-21H2,(H,29,32). The van der Waals surface area contributed by atoms with Crippen LogP contribution in [-0.4, -0.2) is 41.6 Å². The molecule has 1 fully saturated rings. The minimum atomic E-state index is -1.13. The lowest BCUT2D eigenvalue weighted by Crippen LogP contribution is -2.48. The van der Waals surface area contributed by atoms with Crippen molar-refractivity contribution >= 4 is 12.0 Å². The number of hydrogen-bond acceptors (Lipinski definition) is 4. The Balaban J connectivity index is 1.32. The van der Waals surface area contributed by atoms with Crippen LogP contribution < -0.4 is 5.32 Å². The summed E-state index contributed by atoms with van der Waals surface area (Å²) in [5.74, 6) is -0.191. The molecule has 0 aromatic heterocycles. The first kappa shape index (κ1) is 23.5. The molecular formula is C28H30N2O4. The van der Waals surface area contributed by atoms with Gasteiger partial charge < -0.3 is 20.1 Å². The third kappa shape index (κ3) is 5.46. The molecule has 4 rings (SSSR count). The number of nitrogens with zero attached hydrogens (tertiary/aromatic N) is 1. The lowest BCUT2D eigenvalue weighted by molar-refractivity contribution is -0.133. The maximum atomic E-state index is 12.7. The van der Waals surface area contributed by atoms with E-state index >= 15 is 0 Å². The molecule has 6 nitrogen and oxygen atoms in total. The molecule has 2 amide bonds. The van der Waals surface area contributed by atoms with E-state index in [0.29, 0.717) is 25.9 Å². The van der Waals surface area contributed by atoms with Crippen LogP contribution in [0.15, 0.2) is 91.0 Å². The lowest BCUT2D eigenvalue weighted by atomic mass is 9.72. The predicted molar refractivity (Wildman–Crippen MR) is 130 cm³/mol. The Morgan fingerprint density at radius 3 is 1.88 bits per heavy atom. The van der Waals surface area contributed by atoms with E-state index in [1.54, 1.807) is 4.90 Å². The molecular weight excluding hydrogens is 428 g/mol. The van der Waals surface area contributed by atoms with Crippen molar-refractivity contribution in [3.8, 4) is 0 Å². The number of piperidine rings is 1. The van der Waals surface area contributed by atoms with Crippen LogP contribution in [0, 0.1) is 5.92 Å². The van der Waals surface area contributed by atoms with E-state index in [-0.39, 0.29) is 25.0 Å². The summed E-state index contributed by atoms with van der Waals surface area (Å²) < 4.78 is 5.17. The molecule has 1 aliphatic heterocycles. The van der Waals surface area contributed by atoms with Gasteiger partial charge in [0.15, 0.2) is 0 Å². The molecule has 176 valence electrons. The molecule has 0 saturated carbocycles. The number of benzene rings is 3.